The van der Waals surface area contributed by atoms with E-state index in [9.17, 15) is 0 Å². The third-order valence-electron chi connectivity index (χ3n) is 5.10. The van der Waals surface area contributed by atoms with E-state index in [0.29, 0.717) is 0 Å². The molecule has 0 nitrogen and oxygen atoms in total. The van der Waals surface area contributed by atoms with Crippen LogP contribution in [0.3, 0.4) is 0 Å². The smallest absolute Gasteiger partial charge is 0.0120 e. The molecule has 31 heavy (non-hydrogen) atoms. The van der Waals surface area contributed by atoms with Crippen LogP contribution in [-0.2, 0) is 0 Å². The van der Waals surface area contributed by atoms with Crippen molar-refractivity contribution in [2.75, 3.05) is 0 Å². The fourth-order valence-electron chi connectivity index (χ4n) is 3.69. The zero-order valence-corrected chi connectivity index (χ0v) is 20.2. The van der Waals surface area contributed by atoms with Gasteiger partial charge in [-0.25, -0.2) is 0 Å². The van der Waals surface area contributed by atoms with E-state index in [2.05, 4.69) is 153 Å². The lowest BCUT2D eigenvalue weighted by Crippen LogP contribution is -1.94. The highest BCUT2D eigenvalue weighted by molar-refractivity contribution is 9.12. The average Bonchev–Trinajstić information content (AvgIpc) is 2.82. The maximum Gasteiger partial charge on any atom is 0.0120 e. The van der Waals surface area contributed by atoms with Gasteiger partial charge in [-0.15, -0.1) is 0 Å². The van der Waals surface area contributed by atoms with E-state index in [1.165, 1.54) is 33.4 Å². The fourth-order valence-corrected chi connectivity index (χ4v) is 5.54. The van der Waals surface area contributed by atoms with E-state index in [1.54, 1.807) is 0 Å². The van der Waals surface area contributed by atoms with Crippen LogP contribution in [0.1, 0.15) is 28.7 Å². The molecule has 0 aliphatic rings. The van der Waals surface area contributed by atoms with Crippen molar-refractivity contribution in [3.63, 3.8) is 0 Å². The molecule has 4 aromatic carbocycles. The van der Waals surface area contributed by atoms with E-state index < -0.39 is 0 Å². The van der Waals surface area contributed by atoms with Crippen molar-refractivity contribution in [2.24, 2.45) is 0 Å². The summed E-state index contributed by atoms with van der Waals surface area (Å²) in [6, 6.07) is 42.2. The molecular formula is C29H22Br2. The Hall–Kier alpha value is -2.68. The maximum absolute atomic E-state index is 3.95. The van der Waals surface area contributed by atoms with Gasteiger partial charge in [0.1, 0.15) is 0 Å². The predicted molar refractivity (Wildman–Crippen MR) is 140 cm³/mol. The maximum atomic E-state index is 3.95. The zero-order chi connectivity index (χ0) is 21.5. The highest BCUT2D eigenvalue weighted by atomic mass is 79.9. The van der Waals surface area contributed by atoms with Crippen molar-refractivity contribution in [2.45, 2.75) is 6.42 Å². The summed E-state index contributed by atoms with van der Waals surface area (Å²) in [4.78, 5) is 0. The van der Waals surface area contributed by atoms with E-state index in [0.717, 1.165) is 15.4 Å². The largest absolute Gasteiger partial charge is 0.0622 e. The van der Waals surface area contributed by atoms with Crippen molar-refractivity contribution in [1.82, 2.24) is 0 Å². The topological polar surface area (TPSA) is 0 Å². The number of hydrogen-bond donors (Lipinski definition) is 0. The van der Waals surface area contributed by atoms with Crippen LogP contribution < -0.4 is 0 Å². The van der Waals surface area contributed by atoms with Crippen LogP contribution in [0.15, 0.2) is 130 Å². The number of benzene rings is 4. The zero-order valence-electron chi connectivity index (χ0n) is 17.0. The summed E-state index contributed by atoms with van der Waals surface area (Å²) >= 11 is 7.89. The van der Waals surface area contributed by atoms with Crippen molar-refractivity contribution in [3.05, 3.63) is 153 Å². The third kappa shape index (κ3) is 5.33. The van der Waals surface area contributed by atoms with Crippen LogP contribution in [0.4, 0.5) is 0 Å². The molecule has 0 aliphatic heterocycles. The van der Waals surface area contributed by atoms with Crippen LogP contribution in [0.5, 0.6) is 0 Å². The van der Waals surface area contributed by atoms with Crippen LogP contribution in [-0.4, -0.2) is 0 Å². The molecule has 4 aromatic rings. The monoisotopic (exact) mass is 528 g/mol. The molecule has 0 heterocycles. The van der Waals surface area contributed by atoms with Gasteiger partial charge in [0.15, 0.2) is 0 Å². The van der Waals surface area contributed by atoms with Crippen molar-refractivity contribution in [3.8, 4) is 0 Å². The summed E-state index contributed by atoms with van der Waals surface area (Å²) in [6.07, 6.45) is 0.748. The van der Waals surface area contributed by atoms with Crippen LogP contribution in [0.25, 0.3) is 11.1 Å². The first-order chi connectivity index (χ1) is 15.2. The van der Waals surface area contributed by atoms with Gasteiger partial charge < -0.3 is 0 Å². The van der Waals surface area contributed by atoms with Crippen molar-refractivity contribution < 1.29 is 0 Å². The summed E-state index contributed by atoms with van der Waals surface area (Å²) < 4.78 is 2.28. The van der Waals surface area contributed by atoms with Gasteiger partial charge in [-0.1, -0.05) is 153 Å². The molecule has 0 aromatic heterocycles. The first kappa shape index (κ1) is 21.5. The van der Waals surface area contributed by atoms with Gasteiger partial charge in [0, 0.05) is 15.4 Å². The number of rotatable bonds is 6. The molecule has 0 unspecified atom stereocenters. The molecular weight excluding hydrogens is 508 g/mol. The second-order valence-electron chi connectivity index (χ2n) is 7.20. The Morgan fingerprint density at radius 1 is 0.387 bits per heavy atom. The van der Waals surface area contributed by atoms with E-state index in [4.69, 9.17) is 0 Å². The Bertz CT molecular complexity index is 997. The lowest BCUT2D eigenvalue weighted by atomic mass is 9.94. The van der Waals surface area contributed by atoms with Crippen molar-refractivity contribution >= 4 is 43.0 Å². The Morgan fingerprint density at radius 2 is 0.613 bits per heavy atom. The summed E-state index contributed by atoms with van der Waals surface area (Å²) in [5.74, 6) is 0. The van der Waals surface area contributed by atoms with E-state index in [1.807, 2.05) is 0 Å². The SMILES string of the molecule is BrC(CC(Br)=C(c1ccccc1)c1ccccc1)=C(c1ccccc1)c1ccccc1. The minimum atomic E-state index is 0.748. The quantitative estimate of drug-likeness (QED) is 0.233. The molecule has 0 N–H and O–H groups in total. The highest BCUT2D eigenvalue weighted by Gasteiger charge is 2.15. The molecule has 0 atom stereocenters. The van der Waals surface area contributed by atoms with Gasteiger partial charge in [-0.05, 0) is 33.4 Å². The van der Waals surface area contributed by atoms with Crippen LogP contribution in [0, 0.1) is 0 Å². The molecule has 0 saturated heterocycles. The molecule has 0 fully saturated rings. The molecule has 0 spiro atoms. The standard InChI is InChI=1S/C29H22Br2/c30-26(28(22-13-5-1-6-14-22)23-15-7-2-8-16-23)21-27(31)29(24-17-9-3-10-18-24)25-19-11-4-12-20-25/h1-20H,21H2. The highest BCUT2D eigenvalue weighted by Crippen LogP contribution is 2.38. The van der Waals surface area contributed by atoms with E-state index >= 15 is 0 Å². The van der Waals surface area contributed by atoms with Gasteiger partial charge >= 0.3 is 0 Å². The van der Waals surface area contributed by atoms with Crippen LogP contribution >= 0.6 is 31.9 Å². The van der Waals surface area contributed by atoms with E-state index in [-0.39, 0.29) is 0 Å². The van der Waals surface area contributed by atoms with Gasteiger partial charge in [-0.2, -0.15) is 0 Å². The second kappa shape index (κ2) is 10.6. The minimum Gasteiger partial charge on any atom is -0.0622 e. The van der Waals surface area contributed by atoms with Crippen LogP contribution in [0.2, 0.25) is 0 Å². The Balaban J connectivity index is 1.85. The molecule has 0 amide bonds. The minimum absolute atomic E-state index is 0.748. The van der Waals surface area contributed by atoms with Gasteiger partial charge in [-0.3, -0.25) is 0 Å². The van der Waals surface area contributed by atoms with Gasteiger partial charge in [0.05, 0.1) is 0 Å². The summed E-state index contributed by atoms with van der Waals surface area (Å²) in [6.45, 7) is 0. The molecule has 0 radical (unpaired) electrons. The summed E-state index contributed by atoms with van der Waals surface area (Å²) in [7, 11) is 0. The predicted octanol–water partition coefficient (Wildman–Crippen LogP) is 9.09. The van der Waals surface area contributed by atoms with Crippen molar-refractivity contribution in [1.29, 1.82) is 0 Å². The molecule has 0 saturated carbocycles. The molecule has 0 bridgehead atoms. The first-order valence-electron chi connectivity index (χ1n) is 10.2. The Kier molecular flexibility index (Phi) is 7.35. The summed E-state index contributed by atoms with van der Waals surface area (Å²) in [5.41, 5.74) is 7.20. The fraction of sp³-hybridized carbons (Fsp3) is 0.0345. The molecule has 4 rings (SSSR count). The molecule has 2 heteroatoms. The average molecular weight is 530 g/mol. The molecule has 152 valence electrons. The Labute approximate surface area is 201 Å². The van der Waals surface area contributed by atoms with Gasteiger partial charge in [0.25, 0.3) is 0 Å². The molecule has 0 aliphatic carbocycles. The second-order valence-corrected chi connectivity index (χ2v) is 9.12. The number of allylic oxidation sites excluding steroid dienone is 2. The lowest BCUT2D eigenvalue weighted by molar-refractivity contribution is 1.33. The first-order valence-corrected chi connectivity index (χ1v) is 11.8. The third-order valence-corrected chi connectivity index (χ3v) is 6.46. The normalized spacial score (nSPS) is 10.4. The number of hydrogen-bond acceptors (Lipinski definition) is 0. The number of halogens is 2. The Morgan fingerprint density at radius 3 is 0.839 bits per heavy atom. The summed E-state index contributed by atoms with van der Waals surface area (Å²) in [5, 5.41) is 0. The lowest BCUT2D eigenvalue weighted by Gasteiger charge is -2.16. The van der Waals surface area contributed by atoms with Gasteiger partial charge in [0.2, 0.25) is 0 Å².